The minimum atomic E-state index is 0.614. The fourth-order valence-electron chi connectivity index (χ4n) is 2.79. The monoisotopic (exact) mass is 633 g/mol. The van der Waals surface area contributed by atoms with Crippen molar-refractivity contribution in [2.45, 2.75) is 19.3 Å². The van der Waals surface area contributed by atoms with Gasteiger partial charge in [-0.2, -0.15) is 0 Å². The summed E-state index contributed by atoms with van der Waals surface area (Å²) in [5, 5.41) is 1.25. The molecule has 3 nitrogen and oxygen atoms in total. The van der Waals surface area contributed by atoms with Crippen molar-refractivity contribution in [1.29, 1.82) is 0 Å². The zero-order chi connectivity index (χ0) is 20.0. The van der Waals surface area contributed by atoms with Crippen molar-refractivity contribution in [3.05, 3.63) is 53.1 Å². The molecule has 0 spiro atoms. The van der Waals surface area contributed by atoms with Crippen LogP contribution >= 0.6 is 68.4 Å². The molecule has 0 bridgehead atoms. The fourth-order valence-corrected chi connectivity index (χ4v) is 5.24. The number of hydrogen-bond acceptors (Lipinski definition) is 2. The van der Waals surface area contributed by atoms with Crippen LogP contribution in [-0.4, -0.2) is 38.3 Å². The molecule has 0 aliphatic carbocycles. The quantitative estimate of drug-likeness (QED) is 0.153. The summed E-state index contributed by atoms with van der Waals surface area (Å²) in [7, 11) is 4.50. The van der Waals surface area contributed by atoms with E-state index in [1.807, 2.05) is 24.3 Å². The van der Waals surface area contributed by atoms with E-state index < -0.39 is 0 Å². The molecular weight excluding hydrogens is 609 g/mol. The minimum Gasteiger partial charge on any atom is -0.485 e. The molecule has 0 aliphatic heterocycles. The number of ether oxygens (including phenoxy) is 1. The number of unbranched alkanes of at least 4 members (excludes halogenated alkanes) is 1. The number of rotatable bonds is 9. The molecule has 2 aromatic carbocycles. The Bertz CT molecular complexity index is 762. The summed E-state index contributed by atoms with van der Waals surface area (Å²) < 4.78 is 9.10. The van der Waals surface area contributed by atoms with E-state index in [1.54, 1.807) is 0 Å². The third-order valence-corrected chi connectivity index (χ3v) is 6.77. The first kappa shape index (κ1) is 23.3. The lowest BCUT2D eigenvalue weighted by molar-refractivity contribution is -0.890. The second kappa shape index (κ2) is 10.7. The molecule has 0 heterocycles. The normalized spacial score (nSPS) is 11.6. The Morgan fingerprint density at radius 2 is 1.63 bits per heavy atom. The average molecular weight is 634 g/mol. The molecule has 0 atom stereocenters. The maximum atomic E-state index is 6.08. The van der Waals surface area contributed by atoms with Gasteiger partial charge in [-0.1, -0.05) is 29.3 Å². The zero-order valence-corrected chi connectivity index (χ0v) is 21.4. The van der Waals surface area contributed by atoms with Crippen LogP contribution in [0, 0.1) is 7.14 Å². The van der Waals surface area contributed by atoms with Gasteiger partial charge in [-0.05, 0) is 94.3 Å². The summed E-state index contributed by atoms with van der Waals surface area (Å²) in [6, 6.07) is 9.78. The second-order valence-electron chi connectivity index (χ2n) is 7.25. The van der Waals surface area contributed by atoms with E-state index in [2.05, 4.69) is 65.3 Å². The number of nitrogen functional groups attached to an aromatic ring is 1. The first-order valence-electron chi connectivity index (χ1n) is 8.81. The van der Waals surface area contributed by atoms with E-state index in [9.17, 15) is 0 Å². The number of likely N-dealkylation sites (N-methyl/N-ethyl adjacent to an activating group) is 1. The Balaban J connectivity index is 1.74. The van der Waals surface area contributed by atoms with Crippen molar-refractivity contribution in [2.24, 2.45) is 0 Å². The Hall–Kier alpha value is 0.0400. The molecule has 0 amide bonds. The number of hydrogen-bond donors (Lipinski definition) is 1. The van der Waals surface area contributed by atoms with Crippen molar-refractivity contribution in [1.82, 2.24) is 0 Å². The standard InChI is InChI=1S/C20H25Cl2I2N2O/c1-26(2,8-4-3-5-14-6-7-16(21)17(22)11-14)9-10-27-20-18(23)12-15(25)13-19(20)24/h6-7,11-13H,3-5,8-10,25H2,1-2H3/q+1. The predicted molar refractivity (Wildman–Crippen MR) is 133 cm³/mol. The van der Waals surface area contributed by atoms with Crippen molar-refractivity contribution in [3.63, 3.8) is 0 Å². The van der Waals surface area contributed by atoms with Crippen LogP contribution in [0.15, 0.2) is 30.3 Å². The van der Waals surface area contributed by atoms with Gasteiger partial charge in [0, 0.05) is 5.69 Å². The predicted octanol–water partition coefficient (Wildman–Crippen LogP) is 6.26. The van der Waals surface area contributed by atoms with Crippen molar-refractivity contribution < 1.29 is 9.22 Å². The molecule has 148 valence electrons. The maximum Gasteiger partial charge on any atom is 0.146 e. The van der Waals surface area contributed by atoms with Crippen LogP contribution in [0.25, 0.3) is 0 Å². The largest absolute Gasteiger partial charge is 0.485 e. The Kier molecular flexibility index (Phi) is 9.25. The van der Waals surface area contributed by atoms with Gasteiger partial charge in [-0.3, -0.25) is 0 Å². The first-order valence-corrected chi connectivity index (χ1v) is 11.7. The fraction of sp³-hybridized carbons (Fsp3) is 0.400. The summed E-state index contributed by atoms with van der Waals surface area (Å²) in [6.07, 6.45) is 3.31. The number of benzene rings is 2. The van der Waals surface area contributed by atoms with Crippen molar-refractivity contribution in [3.8, 4) is 5.75 Å². The number of nitrogens with two attached hydrogens (primary N) is 1. The van der Waals surface area contributed by atoms with E-state index in [1.165, 1.54) is 5.56 Å². The summed E-state index contributed by atoms with van der Waals surface area (Å²) in [4.78, 5) is 0. The third-order valence-electron chi connectivity index (χ3n) is 4.43. The summed E-state index contributed by atoms with van der Waals surface area (Å²) in [6.45, 7) is 2.76. The van der Waals surface area contributed by atoms with E-state index >= 15 is 0 Å². The van der Waals surface area contributed by atoms with Crippen LogP contribution in [0.1, 0.15) is 18.4 Å². The number of halogens is 4. The van der Waals surface area contributed by atoms with Gasteiger partial charge in [0.1, 0.15) is 18.9 Å². The van der Waals surface area contributed by atoms with E-state index in [0.29, 0.717) is 16.7 Å². The smallest absolute Gasteiger partial charge is 0.146 e. The zero-order valence-electron chi connectivity index (χ0n) is 15.6. The highest BCUT2D eigenvalue weighted by molar-refractivity contribution is 14.1. The molecule has 0 aromatic heterocycles. The summed E-state index contributed by atoms with van der Waals surface area (Å²) >= 11 is 16.6. The molecule has 2 rings (SSSR count). The third kappa shape index (κ3) is 7.76. The lowest BCUT2D eigenvalue weighted by Crippen LogP contribution is -2.43. The number of quaternary nitrogens is 1. The number of nitrogens with zero attached hydrogens (tertiary/aromatic N) is 1. The second-order valence-corrected chi connectivity index (χ2v) is 10.4. The summed E-state index contributed by atoms with van der Waals surface area (Å²) in [5.74, 6) is 0.935. The topological polar surface area (TPSA) is 35.2 Å². The van der Waals surface area contributed by atoms with Crippen LogP contribution in [0.2, 0.25) is 10.0 Å². The van der Waals surface area contributed by atoms with Gasteiger partial charge in [0.05, 0.1) is 37.8 Å². The highest BCUT2D eigenvalue weighted by Gasteiger charge is 2.16. The molecule has 7 heteroatoms. The summed E-state index contributed by atoms with van der Waals surface area (Å²) in [5.41, 5.74) is 7.88. The highest BCUT2D eigenvalue weighted by atomic mass is 127. The Labute approximate surface area is 199 Å². The lowest BCUT2D eigenvalue weighted by atomic mass is 10.1. The molecule has 2 N–H and O–H groups in total. The lowest BCUT2D eigenvalue weighted by Gasteiger charge is -2.30. The van der Waals surface area contributed by atoms with E-state index in [0.717, 1.165) is 55.4 Å². The SMILES string of the molecule is C[N+](C)(CCCCc1ccc(Cl)c(Cl)c1)CCOc1c(I)cc(N)cc1I. The molecule has 0 saturated carbocycles. The molecule has 0 aliphatic rings. The first-order chi connectivity index (χ1) is 12.7. The minimum absolute atomic E-state index is 0.614. The van der Waals surface area contributed by atoms with Gasteiger partial charge >= 0.3 is 0 Å². The molecule has 27 heavy (non-hydrogen) atoms. The van der Waals surface area contributed by atoms with Gasteiger partial charge in [-0.15, -0.1) is 0 Å². The number of anilines is 1. The Morgan fingerprint density at radius 1 is 0.963 bits per heavy atom. The van der Waals surface area contributed by atoms with E-state index in [4.69, 9.17) is 33.7 Å². The van der Waals surface area contributed by atoms with Crippen LogP contribution < -0.4 is 10.5 Å². The molecular formula is C20H25Cl2I2N2O+. The van der Waals surface area contributed by atoms with Crippen LogP contribution in [0.5, 0.6) is 5.75 Å². The van der Waals surface area contributed by atoms with Gasteiger partial charge in [0.2, 0.25) is 0 Å². The molecule has 2 aromatic rings. The highest BCUT2D eigenvalue weighted by Crippen LogP contribution is 2.30. The van der Waals surface area contributed by atoms with Gasteiger partial charge in [0.25, 0.3) is 0 Å². The Morgan fingerprint density at radius 3 is 2.26 bits per heavy atom. The molecule has 0 radical (unpaired) electrons. The molecule has 0 fully saturated rings. The van der Waals surface area contributed by atoms with Gasteiger partial charge in [0.15, 0.2) is 0 Å². The van der Waals surface area contributed by atoms with E-state index in [-0.39, 0.29) is 0 Å². The van der Waals surface area contributed by atoms with Crippen molar-refractivity contribution >= 4 is 74.1 Å². The van der Waals surface area contributed by atoms with Gasteiger partial charge in [-0.25, -0.2) is 0 Å². The molecule has 0 saturated heterocycles. The van der Waals surface area contributed by atoms with Crippen molar-refractivity contribution in [2.75, 3.05) is 39.5 Å². The van der Waals surface area contributed by atoms with Gasteiger partial charge < -0.3 is 15.0 Å². The average Bonchev–Trinajstić information content (AvgIpc) is 2.57. The van der Waals surface area contributed by atoms with Crippen LogP contribution in [0.4, 0.5) is 5.69 Å². The molecule has 0 unspecified atom stereocenters. The number of aryl methyl sites for hydroxylation is 1. The maximum absolute atomic E-state index is 6.08. The van der Waals surface area contributed by atoms with Crippen LogP contribution in [-0.2, 0) is 6.42 Å². The van der Waals surface area contributed by atoms with Crippen LogP contribution in [0.3, 0.4) is 0 Å².